The summed E-state index contributed by atoms with van der Waals surface area (Å²) in [5.41, 5.74) is 3.66. The highest BCUT2D eigenvalue weighted by molar-refractivity contribution is 7.91. The van der Waals surface area contributed by atoms with Crippen LogP contribution in [-0.4, -0.2) is 26.1 Å². The highest BCUT2D eigenvalue weighted by Gasteiger charge is 2.31. The molecule has 0 bridgehead atoms. The lowest BCUT2D eigenvalue weighted by molar-refractivity contribution is 0.248. The number of anilines is 1. The predicted octanol–water partition coefficient (Wildman–Crippen LogP) is 2.71. The fourth-order valence-corrected chi connectivity index (χ4v) is 5.61. The molecule has 5 rings (SSSR count). The van der Waals surface area contributed by atoms with Crippen molar-refractivity contribution in [1.29, 1.82) is 0 Å². The lowest BCUT2D eigenvalue weighted by Crippen LogP contribution is -2.19. The van der Waals surface area contributed by atoms with Gasteiger partial charge in [0.15, 0.2) is 9.92 Å². The number of hydrogen-bond donors (Lipinski definition) is 2. The fourth-order valence-electron chi connectivity index (χ4n) is 4.62. The van der Waals surface area contributed by atoms with Crippen molar-refractivity contribution in [3.63, 3.8) is 0 Å². The van der Waals surface area contributed by atoms with Crippen molar-refractivity contribution in [2.45, 2.75) is 63.0 Å². The predicted molar refractivity (Wildman–Crippen MR) is 105 cm³/mol. The minimum absolute atomic E-state index is 0.103. The van der Waals surface area contributed by atoms with Crippen molar-refractivity contribution in [2.24, 2.45) is 9.50 Å². The summed E-state index contributed by atoms with van der Waals surface area (Å²) >= 11 is 0. The number of urea groups is 1. The summed E-state index contributed by atoms with van der Waals surface area (Å²) in [5.74, 6) is 0.161. The van der Waals surface area contributed by atoms with Crippen molar-refractivity contribution in [2.75, 3.05) is 5.32 Å². The maximum Gasteiger partial charge on any atom is 0.354 e. The summed E-state index contributed by atoms with van der Waals surface area (Å²) in [7, 11) is -3.54. The highest BCUT2D eigenvalue weighted by Crippen LogP contribution is 2.41. The van der Waals surface area contributed by atoms with E-state index in [9.17, 15) is 13.4 Å². The summed E-state index contributed by atoms with van der Waals surface area (Å²) in [5, 5.41) is 12.8. The van der Waals surface area contributed by atoms with Crippen LogP contribution < -0.4 is 15.2 Å². The zero-order valence-corrected chi connectivity index (χ0v) is 16.9. The van der Waals surface area contributed by atoms with E-state index < -0.39 is 15.9 Å². The zero-order chi connectivity index (χ0) is 20.3. The molecule has 1 aromatic heterocycles. The third-order valence-corrected chi connectivity index (χ3v) is 7.18. The molecule has 29 heavy (non-hydrogen) atoms. The number of nitrogens with two attached hydrogens (primary N) is 1. The van der Waals surface area contributed by atoms with Crippen LogP contribution in [0.3, 0.4) is 0 Å². The molecule has 2 heterocycles. The molecule has 0 unspecified atom stereocenters. The Labute approximate surface area is 167 Å². The quantitative estimate of drug-likeness (QED) is 0.779. The number of rotatable bonds is 2. The average molecular weight is 419 g/mol. The van der Waals surface area contributed by atoms with Gasteiger partial charge in [0.05, 0.1) is 12.7 Å². The van der Waals surface area contributed by atoms with E-state index in [0.29, 0.717) is 49.0 Å². The number of benzene rings is 1. The van der Waals surface area contributed by atoms with Gasteiger partial charge in [-0.2, -0.15) is 5.10 Å². The Balaban J connectivity index is 1.50. The van der Waals surface area contributed by atoms with Crippen LogP contribution in [0, 0.1) is 5.82 Å². The minimum Gasteiger partial charge on any atom is -0.472 e. The van der Waals surface area contributed by atoms with Crippen LogP contribution in [-0.2, 0) is 42.1 Å². The Hall–Kier alpha value is -2.46. The lowest BCUT2D eigenvalue weighted by atomic mass is 9.98. The van der Waals surface area contributed by atoms with Gasteiger partial charge < -0.3 is 10.1 Å². The molecule has 3 aliphatic rings. The van der Waals surface area contributed by atoms with Crippen molar-refractivity contribution in [3.05, 3.63) is 34.3 Å². The first-order valence-corrected chi connectivity index (χ1v) is 11.4. The van der Waals surface area contributed by atoms with E-state index in [-0.39, 0.29) is 22.7 Å². The highest BCUT2D eigenvalue weighted by atomic mass is 32.2. The summed E-state index contributed by atoms with van der Waals surface area (Å²) in [6.45, 7) is 2.38. The first-order valence-electron chi connectivity index (χ1n) is 9.78. The SMILES string of the molecule is C[C@H]1Cn2ncc([S@@](N)(=O)=NC(=O)Nc3c4c(c(F)c5c3CCC5)CCC4)c2O1. The first-order chi connectivity index (χ1) is 13.8. The van der Waals surface area contributed by atoms with E-state index in [2.05, 4.69) is 14.8 Å². The smallest absolute Gasteiger partial charge is 0.354 e. The van der Waals surface area contributed by atoms with E-state index in [4.69, 9.17) is 9.88 Å². The van der Waals surface area contributed by atoms with Crippen LogP contribution in [0.5, 0.6) is 5.88 Å². The van der Waals surface area contributed by atoms with Gasteiger partial charge in [-0.25, -0.2) is 23.2 Å². The second-order valence-corrected chi connectivity index (χ2v) is 9.58. The second-order valence-electron chi connectivity index (χ2n) is 7.82. The number of nitrogens with zero attached hydrogens (tertiary/aromatic N) is 3. The lowest BCUT2D eigenvalue weighted by Gasteiger charge is -2.16. The van der Waals surface area contributed by atoms with Crippen LogP contribution in [0.1, 0.15) is 42.0 Å². The average Bonchev–Trinajstić information content (AvgIpc) is 3.40. The number of halogens is 1. The number of carbonyl (C=O) groups excluding carboxylic acids is 1. The summed E-state index contributed by atoms with van der Waals surface area (Å²) in [6.07, 6.45) is 5.65. The Morgan fingerprint density at radius 2 is 1.90 bits per heavy atom. The van der Waals surface area contributed by atoms with Crippen molar-refractivity contribution in [1.82, 2.24) is 9.78 Å². The number of fused-ring (bicyclic) bond motifs is 3. The topological polar surface area (TPSA) is 112 Å². The van der Waals surface area contributed by atoms with Crippen molar-refractivity contribution >= 4 is 21.6 Å². The Morgan fingerprint density at radius 3 is 2.55 bits per heavy atom. The second kappa shape index (κ2) is 6.53. The van der Waals surface area contributed by atoms with E-state index in [0.717, 1.165) is 24.0 Å². The molecule has 10 heteroatoms. The van der Waals surface area contributed by atoms with Crippen LogP contribution in [0.25, 0.3) is 0 Å². The molecule has 154 valence electrons. The molecular weight excluding hydrogens is 397 g/mol. The molecule has 0 spiro atoms. The molecule has 3 N–H and O–H groups in total. The van der Waals surface area contributed by atoms with Gasteiger partial charge in [0.25, 0.3) is 0 Å². The molecule has 2 aliphatic carbocycles. The third-order valence-electron chi connectivity index (χ3n) is 5.84. The molecule has 0 saturated carbocycles. The molecular formula is C19H22FN5O3S. The standard InChI is InChI=1S/C19H22FN5O3S/c1-10-9-25-18(28-10)15(8-22-25)29(21,27)24-19(26)23-17-13-6-2-4-11(13)16(20)12-5-3-7-14(12)17/h8,10H,2-7,9H2,1H3,(H3,21,23,24,26,27)/t10-,29-/m0/s1. The fraction of sp³-hybridized carbons (Fsp3) is 0.474. The van der Waals surface area contributed by atoms with Gasteiger partial charge in [-0.3, -0.25) is 0 Å². The van der Waals surface area contributed by atoms with Crippen molar-refractivity contribution < 1.29 is 18.1 Å². The van der Waals surface area contributed by atoms with Crippen LogP contribution in [0.4, 0.5) is 14.9 Å². The monoisotopic (exact) mass is 419 g/mol. The Bertz CT molecular complexity index is 1130. The van der Waals surface area contributed by atoms with Gasteiger partial charge in [0, 0.05) is 5.69 Å². The minimum atomic E-state index is -3.54. The summed E-state index contributed by atoms with van der Waals surface area (Å²) in [4.78, 5) is 12.8. The Morgan fingerprint density at radius 1 is 1.28 bits per heavy atom. The normalized spacial score (nSPS) is 21.1. The molecule has 2 amide bonds. The van der Waals surface area contributed by atoms with Gasteiger partial charge in [-0.15, -0.1) is 4.36 Å². The number of aromatic nitrogens is 2. The summed E-state index contributed by atoms with van der Waals surface area (Å²) < 4.78 is 38.7. The molecule has 2 atom stereocenters. The Kier molecular flexibility index (Phi) is 4.18. The molecule has 0 radical (unpaired) electrons. The number of nitrogens with one attached hydrogen (secondary N) is 1. The first kappa shape index (κ1) is 18.6. The van der Waals surface area contributed by atoms with Gasteiger partial charge in [-0.05, 0) is 67.7 Å². The molecule has 1 aromatic carbocycles. The molecule has 0 saturated heterocycles. The van der Waals surface area contributed by atoms with E-state index in [1.165, 1.54) is 6.20 Å². The molecule has 2 aromatic rings. The van der Waals surface area contributed by atoms with Gasteiger partial charge in [-0.1, -0.05) is 0 Å². The van der Waals surface area contributed by atoms with Crippen molar-refractivity contribution in [3.8, 4) is 5.88 Å². The van der Waals surface area contributed by atoms with Gasteiger partial charge >= 0.3 is 6.03 Å². The third kappa shape index (κ3) is 2.93. The van der Waals surface area contributed by atoms with E-state index in [1.54, 1.807) is 4.68 Å². The summed E-state index contributed by atoms with van der Waals surface area (Å²) in [6, 6.07) is -0.807. The maximum absolute atomic E-state index is 14.8. The number of amides is 2. The van der Waals surface area contributed by atoms with Gasteiger partial charge in [0.2, 0.25) is 5.88 Å². The number of carbonyl (C=O) groups is 1. The van der Waals surface area contributed by atoms with Gasteiger partial charge in [0.1, 0.15) is 16.8 Å². The molecule has 1 aliphatic heterocycles. The van der Waals surface area contributed by atoms with Crippen LogP contribution >= 0.6 is 0 Å². The molecule has 8 nitrogen and oxygen atoms in total. The number of hydrogen-bond acceptors (Lipinski definition) is 4. The zero-order valence-electron chi connectivity index (χ0n) is 16.0. The van der Waals surface area contributed by atoms with E-state index in [1.807, 2.05) is 6.92 Å². The van der Waals surface area contributed by atoms with E-state index >= 15 is 0 Å². The molecule has 0 fully saturated rings. The maximum atomic E-state index is 14.8. The van der Waals surface area contributed by atoms with Crippen LogP contribution in [0.2, 0.25) is 0 Å². The van der Waals surface area contributed by atoms with Crippen LogP contribution in [0.15, 0.2) is 15.5 Å². The number of ether oxygens (including phenoxy) is 1. The largest absolute Gasteiger partial charge is 0.472 e.